The van der Waals surface area contributed by atoms with Gasteiger partial charge in [-0.05, 0) is 72.7 Å². The first-order chi connectivity index (χ1) is 19.6. The van der Waals surface area contributed by atoms with Crippen LogP contribution in [0.4, 0.5) is 15.8 Å². The van der Waals surface area contributed by atoms with Gasteiger partial charge in [0.25, 0.3) is 0 Å². The maximum Gasteiger partial charge on any atom is 0.247 e. The van der Waals surface area contributed by atoms with E-state index in [4.69, 9.17) is 4.74 Å². The molecule has 1 heterocycles. The van der Waals surface area contributed by atoms with E-state index in [1.54, 1.807) is 17.0 Å². The summed E-state index contributed by atoms with van der Waals surface area (Å²) in [4.78, 5) is 31.9. The average molecular weight is 542 g/mol. The number of allylic oxidation sites excluding steroid dienone is 2. The molecule has 0 spiro atoms. The molecule has 3 aromatic carbocycles. The fourth-order valence-corrected chi connectivity index (χ4v) is 5.51. The highest BCUT2D eigenvalue weighted by atomic mass is 19.1. The summed E-state index contributed by atoms with van der Waals surface area (Å²) < 4.78 is 19.1. The quantitative estimate of drug-likeness (QED) is 0.359. The Hall–Kier alpha value is -3.97. The summed E-state index contributed by atoms with van der Waals surface area (Å²) in [5.74, 6) is -0.702. The van der Waals surface area contributed by atoms with E-state index in [1.807, 2.05) is 54.6 Å². The fourth-order valence-electron chi connectivity index (χ4n) is 5.51. The van der Waals surface area contributed by atoms with Crippen LogP contribution in [0.15, 0.2) is 91.0 Å². The Morgan fingerprint density at radius 3 is 2.33 bits per heavy atom. The third-order valence-electron chi connectivity index (χ3n) is 7.66. The summed E-state index contributed by atoms with van der Waals surface area (Å²) in [6, 6.07) is 22.9. The van der Waals surface area contributed by atoms with Crippen molar-refractivity contribution >= 4 is 23.2 Å². The van der Waals surface area contributed by atoms with Gasteiger partial charge >= 0.3 is 0 Å². The molecule has 1 saturated heterocycles. The molecule has 2 amide bonds. The monoisotopic (exact) mass is 541 g/mol. The number of ether oxygens (including phenoxy) is 1. The molecule has 2 unspecified atom stereocenters. The first kappa shape index (κ1) is 27.6. The third-order valence-corrected chi connectivity index (χ3v) is 7.66. The van der Waals surface area contributed by atoms with E-state index in [0.29, 0.717) is 25.3 Å². The molecule has 40 heavy (non-hydrogen) atoms. The van der Waals surface area contributed by atoms with Gasteiger partial charge in [0, 0.05) is 31.0 Å². The van der Waals surface area contributed by atoms with Gasteiger partial charge in [0.2, 0.25) is 11.8 Å². The summed E-state index contributed by atoms with van der Waals surface area (Å²) >= 11 is 0. The van der Waals surface area contributed by atoms with Gasteiger partial charge in [-0.15, -0.1) is 0 Å². The fraction of sp³-hybridized carbons (Fsp3) is 0.333. The van der Waals surface area contributed by atoms with Gasteiger partial charge in [-0.1, -0.05) is 54.6 Å². The maximum absolute atomic E-state index is 14.0. The number of rotatable bonds is 9. The standard InChI is InChI=1S/C33H36FN3O3/c34-28-13-11-26(12-14-28)24-37(31(38)23-25-7-3-1-4-8-25)32(27-9-5-2-6-10-27)33(39)35-29-15-17-30(18-16-29)36-19-21-40-22-20-36/h1-5,7-8,11-18,27,32H,6,9-10,19-24H2,(H,35,39). The van der Waals surface area contributed by atoms with Crippen molar-refractivity contribution in [3.63, 3.8) is 0 Å². The first-order valence-corrected chi connectivity index (χ1v) is 14.0. The second kappa shape index (κ2) is 13.4. The largest absolute Gasteiger partial charge is 0.378 e. The van der Waals surface area contributed by atoms with Gasteiger partial charge in [-0.25, -0.2) is 4.39 Å². The molecule has 1 fully saturated rings. The van der Waals surface area contributed by atoms with Crippen molar-refractivity contribution in [3.8, 4) is 0 Å². The van der Waals surface area contributed by atoms with Gasteiger partial charge in [0.05, 0.1) is 19.6 Å². The second-order valence-electron chi connectivity index (χ2n) is 10.4. The summed E-state index contributed by atoms with van der Waals surface area (Å²) in [7, 11) is 0. The molecule has 2 aliphatic rings. The van der Waals surface area contributed by atoms with Gasteiger partial charge in [0.15, 0.2) is 0 Å². The predicted molar refractivity (Wildman–Crippen MR) is 155 cm³/mol. The Morgan fingerprint density at radius 1 is 0.925 bits per heavy atom. The average Bonchev–Trinajstić information content (AvgIpc) is 3.00. The van der Waals surface area contributed by atoms with Crippen LogP contribution in [0, 0.1) is 11.7 Å². The molecule has 1 aliphatic heterocycles. The summed E-state index contributed by atoms with van der Waals surface area (Å²) in [5.41, 5.74) is 3.45. The van der Waals surface area contributed by atoms with E-state index in [1.165, 1.54) is 12.1 Å². The Kier molecular flexibility index (Phi) is 9.24. The van der Waals surface area contributed by atoms with Crippen molar-refractivity contribution in [3.05, 3.63) is 108 Å². The van der Waals surface area contributed by atoms with E-state index < -0.39 is 6.04 Å². The molecule has 2 atom stereocenters. The lowest BCUT2D eigenvalue weighted by atomic mass is 9.85. The van der Waals surface area contributed by atoms with Gasteiger partial charge in [-0.2, -0.15) is 0 Å². The van der Waals surface area contributed by atoms with Crippen molar-refractivity contribution in [1.82, 2.24) is 4.90 Å². The lowest BCUT2D eigenvalue weighted by molar-refractivity contribution is -0.141. The molecular formula is C33H36FN3O3. The number of halogens is 1. The van der Waals surface area contributed by atoms with Crippen molar-refractivity contribution in [1.29, 1.82) is 0 Å². The molecule has 1 aliphatic carbocycles. The lowest BCUT2D eigenvalue weighted by Crippen LogP contribution is -2.51. The normalized spacial score (nSPS) is 17.7. The Labute approximate surface area is 235 Å². The van der Waals surface area contributed by atoms with Crippen molar-refractivity contribution in [2.24, 2.45) is 5.92 Å². The van der Waals surface area contributed by atoms with E-state index in [0.717, 1.165) is 42.7 Å². The number of hydrogen-bond acceptors (Lipinski definition) is 4. The van der Waals surface area contributed by atoms with Crippen LogP contribution in [0.5, 0.6) is 0 Å². The highest BCUT2D eigenvalue weighted by Gasteiger charge is 2.36. The van der Waals surface area contributed by atoms with Crippen LogP contribution in [0.2, 0.25) is 0 Å². The number of carbonyl (C=O) groups is 2. The van der Waals surface area contributed by atoms with E-state index in [9.17, 15) is 14.0 Å². The number of carbonyl (C=O) groups excluding carboxylic acids is 2. The highest BCUT2D eigenvalue weighted by molar-refractivity contribution is 5.97. The van der Waals surface area contributed by atoms with Gasteiger partial charge in [-0.3, -0.25) is 9.59 Å². The smallest absolute Gasteiger partial charge is 0.247 e. The van der Waals surface area contributed by atoms with Crippen LogP contribution < -0.4 is 10.2 Å². The Balaban J connectivity index is 1.41. The van der Waals surface area contributed by atoms with Crippen LogP contribution in [-0.4, -0.2) is 49.1 Å². The molecule has 0 bridgehead atoms. The van der Waals surface area contributed by atoms with Crippen molar-refractivity contribution in [2.45, 2.75) is 38.3 Å². The number of anilines is 2. The minimum atomic E-state index is -0.676. The van der Waals surface area contributed by atoms with Crippen LogP contribution in [0.3, 0.4) is 0 Å². The summed E-state index contributed by atoms with van der Waals surface area (Å²) in [5, 5.41) is 3.10. The molecule has 1 N–H and O–H groups in total. The number of nitrogens with zero attached hydrogens (tertiary/aromatic N) is 2. The molecule has 7 heteroatoms. The highest BCUT2D eigenvalue weighted by Crippen LogP contribution is 2.29. The third kappa shape index (κ3) is 7.16. The molecule has 0 saturated carbocycles. The van der Waals surface area contributed by atoms with Gasteiger partial charge in [0.1, 0.15) is 11.9 Å². The number of hydrogen-bond donors (Lipinski definition) is 1. The summed E-state index contributed by atoms with van der Waals surface area (Å²) in [6.45, 7) is 3.31. The zero-order valence-electron chi connectivity index (χ0n) is 22.7. The SMILES string of the molecule is O=C(Nc1ccc(N2CCOCC2)cc1)C(C1CC=CCC1)N(Cc1ccc(F)cc1)C(=O)Cc1ccccc1. The van der Waals surface area contributed by atoms with E-state index in [2.05, 4.69) is 22.4 Å². The molecule has 0 radical (unpaired) electrons. The number of morpholine rings is 1. The Bertz CT molecular complexity index is 1290. The van der Waals surface area contributed by atoms with Crippen LogP contribution in [-0.2, 0) is 27.3 Å². The van der Waals surface area contributed by atoms with Crippen LogP contribution >= 0.6 is 0 Å². The summed E-state index contributed by atoms with van der Waals surface area (Å²) in [6.07, 6.45) is 6.80. The molecule has 208 valence electrons. The second-order valence-corrected chi connectivity index (χ2v) is 10.4. The minimum absolute atomic E-state index is 0.0298. The van der Waals surface area contributed by atoms with E-state index >= 15 is 0 Å². The van der Waals surface area contributed by atoms with Gasteiger partial charge < -0.3 is 19.9 Å². The predicted octanol–water partition coefficient (Wildman–Crippen LogP) is 5.60. The maximum atomic E-state index is 14.0. The van der Waals surface area contributed by atoms with Crippen molar-refractivity contribution in [2.75, 3.05) is 36.5 Å². The molecule has 5 rings (SSSR count). The number of benzene rings is 3. The zero-order chi connectivity index (χ0) is 27.7. The molecular weight excluding hydrogens is 505 g/mol. The molecule has 3 aromatic rings. The molecule has 6 nitrogen and oxygen atoms in total. The van der Waals surface area contributed by atoms with E-state index in [-0.39, 0.29) is 36.5 Å². The zero-order valence-corrected chi connectivity index (χ0v) is 22.7. The van der Waals surface area contributed by atoms with Crippen LogP contribution in [0.25, 0.3) is 0 Å². The van der Waals surface area contributed by atoms with Crippen LogP contribution in [0.1, 0.15) is 30.4 Å². The Morgan fingerprint density at radius 2 is 1.65 bits per heavy atom. The van der Waals surface area contributed by atoms with Crippen molar-refractivity contribution < 1.29 is 18.7 Å². The number of amides is 2. The topological polar surface area (TPSA) is 61.9 Å². The first-order valence-electron chi connectivity index (χ1n) is 14.0. The minimum Gasteiger partial charge on any atom is -0.378 e. The lowest BCUT2D eigenvalue weighted by Gasteiger charge is -2.37. The number of nitrogens with one attached hydrogen (secondary N) is 1. The molecule has 0 aromatic heterocycles.